The van der Waals surface area contributed by atoms with Crippen molar-refractivity contribution in [3.05, 3.63) is 58.9 Å². The van der Waals surface area contributed by atoms with Crippen LogP contribution in [-0.4, -0.2) is 43.7 Å². The molecule has 0 unspecified atom stereocenters. The van der Waals surface area contributed by atoms with Gasteiger partial charge in [-0.3, -0.25) is 14.3 Å². The van der Waals surface area contributed by atoms with Gasteiger partial charge in [-0.05, 0) is 24.3 Å². The molecule has 0 spiro atoms. The molecular formula is C16H17N5O2. The summed E-state index contributed by atoms with van der Waals surface area (Å²) < 4.78 is 3.19. The van der Waals surface area contributed by atoms with Crippen LogP contribution >= 0.6 is 0 Å². The Bertz CT molecular complexity index is 898. The third kappa shape index (κ3) is 2.98. The second-order valence-electron chi connectivity index (χ2n) is 5.39. The second kappa shape index (κ2) is 6.04. The number of hydrogen-bond acceptors (Lipinski definition) is 4. The van der Waals surface area contributed by atoms with Crippen molar-refractivity contribution in [2.45, 2.75) is 6.54 Å². The minimum Gasteiger partial charge on any atom is -0.340 e. The maximum Gasteiger partial charge on any atom is 0.260 e. The van der Waals surface area contributed by atoms with Crippen molar-refractivity contribution in [1.29, 1.82) is 0 Å². The summed E-state index contributed by atoms with van der Waals surface area (Å²) in [5.74, 6) is -0.110. The minimum absolute atomic E-state index is 0.110. The normalized spacial score (nSPS) is 10.9. The fraction of sp³-hybridized carbons (Fsp3) is 0.250. The molecule has 0 aliphatic rings. The lowest BCUT2D eigenvalue weighted by atomic mass is 10.1. The molecule has 0 aliphatic carbocycles. The highest BCUT2D eigenvalue weighted by Crippen LogP contribution is 2.11. The standard InChI is InChI=1S/C16H17N5O2/c1-19(8-9-21-7-3-6-18-21)15(22)12-4-5-13-14(10-12)17-11-20(2)16(13)23/h3-7,10-11H,8-9H2,1-2H3. The minimum atomic E-state index is -0.124. The first kappa shape index (κ1) is 15.0. The van der Waals surface area contributed by atoms with Crippen molar-refractivity contribution in [1.82, 2.24) is 24.2 Å². The molecule has 2 heterocycles. The SMILES string of the molecule is CN(CCn1cccn1)C(=O)c1ccc2c(=O)n(C)cnc2c1. The summed E-state index contributed by atoms with van der Waals surface area (Å²) in [5, 5.41) is 4.62. The molecule has 0 fully saturated rings. The zero-order valence-electron chi connectivity index (χ0n) is 13.0. The molecule has 0 saturated carbocycles. The molecule has 7 nitrogen and oxygen atoms in total. The summed E-state index contributed by atoms with van der Waals surface area (Å²) in [6.45, 7) is 1.17. The number of carbonyl (C=O) groups excluding carboxylic acids is 1. The molecule has 1 aromatic carbocycles. The van der Waals surface area contributed by atoms with Gasteiger partial charge in [0.05, 0.1) is 23.8 Å². The summed E-state index contributed by atoms with van der Waals surface area (Å²) in [6.07, 6.45) is 5.02. The zero-order valence-corrected chi connectivity index (χ0v) is 13.0. The van der Waals surface area contributed by atoms with Crippen LogP contribution in [0.3, 0.4) is 0 Å². The number of fused-ring (bicyclic) bond motifs is 1. The number of aromatic nitrogens is 4. The molecule has 23 heavy (non-hydrogen) atoms. The maximum absolute atomic E-state index is 12.5. The van der Waals surface area contributed by atoms with E-state index in [1.807, 2.05) is 12.3 Å². The van der Waals surface area contributed by atoms with Gasteiger partial charge in [0.1, 0.15) is 0 Å². The van der Waals surface area contributed by atoms with Gasteiger partial charge in [0, 0.05) is 38.6 Å². The van der Waals surface area contributed by atoms with Gasteiger partial charge in [0.2, 0.25) is 0 Å². The van der Waals surface area contributed by atoms with Crippen LogP contribution in [0.25, 0.3) is 10.9 Å². The number of nitrogens with zero attached hydrogens (tertiary/aromatic N) is 5. The number of aryl methyl sites for hydroxylation is 1. The van der Waals surface area contributed by atoms with E-state index < -0.39 is 0 Å². The molecule has 3 aromatic rings. The summed E-state index contributed by atoms with van der Waals surface area (Å²) in [7, 11) is 3.39. The topological polar surface area (TPSA) is 73.0 Å². The summed E-state index contributed by atoms with van der Waals surface area (Å²) in [5.41, 5.74) is 0.918. The summed E-state index contributed by atoms with van der Waals surface area (Å²) in [4.78, 5) is 30.3. The Hall–Kier alpha value is -2.96. The molecular weight excluding hydrogens is 294 g/mol. The van der Waals surface area contributed by atoms with Crippen molar-refractivity contribution in [2.75, 3.05) is 13.6 Å². The number of rotatable bonds is 4. The molecule has 0 N–H and O–H groups in total. The lowest BCUT2D eigenvalue weighted by Crippen LogP contribution is -2.30. The molecule has 118 valence electrons. The Labute approximate surface area is 132 Å². The Balaban J connectivity index is 1.80. The van der Waals surface area contributed by atoms with Crippen LogP contribution in [0.2, 0.25) is 0 Å². The highest BCUT2D eigenvalue weighted by Gasteiger charge is 2.13. The first-order valence-electron chi connectivity index (χ1n) is 7.24. The van der Waals surface area contributed by atoms with E-state index in [0.717, 1.165) is 0 Å². The average molecular weight is 311 g/mol. The van der Waals surface area contributed by atoms with Gasteiger partial charge in [-0.1, -0.05) is 0 Å². The largest absolute Gasteiger partial charge is 0.340 e. The molecule has 0 radical (unpaired) electrons. The van der Waals surface area contributed by atoms with Gasteiger partial charge in [0.15, 0.2) is 0 Å². The van der Waals surface area contributed by atoms with E-state index in [-0.39, 0.29) is 11.5 Å². The van der Waals surface area contributed by atoms with Gasteiger partial charge in [-0.2, -0.15) is 5.10 Å². The van der Waals surface area contributed by atoms with Crippen LogP contribution in [0.15, 0.2) is 47.8 Å². The van der Waals surface area contributed by atoms with E-state index in [0.29, 0.717) is 29.6 Å². The van der Waals surface area contributed by atoms with E-state index in [1.165, 1.54) is 10.9 Å². The monoisotopic (exact) mass is 311 g/mol. The Morgan fingerprint density at radius 1 is 1.35 bits per heavy atom. The van der Waals surface area contributed by atoms with Gasteiger partial charge in [-0.25, -0.2) is 4.98 Å². The molecule has 3 rings (SSSR count). The van der Waals surface area contributed by atoms with Crippen LogP contribution in [-0.2, 0) is 13.6 Å². The number of benzene rings is 1. The van der Waals surface area contributed by atoms with Crippen LogP contribution in [0, 0.1) is 0 Å². The predicted octanol–water partition coefficient (Wildman–Crippen LogP) is 0.902. The first-order valence-corrected chi connectivity index (χ1v) is 7.24. The second-order valence-corrected chi connectivity index (χ2v) is 5.39. The molecule has 0 bridgehead atoms. The fourth-order valence-corrected chi connectivity index (χ4v) is 2.35. The molecule has 2 aromatic heterocycles. The van der Waals surface area contributed by atoms with Crippen LogP contribution in [0.1, 0.15) is 10.4 Å². The Morgan fingerprint density at radius 2 is 2.17 bits per heavy atom. The quantitative estimate of drug-likeness (QED) is 0.717. The fourth-order valence-electron chi connectivity index (χ4n) is 2.35. The highest BCUT2D eigenvalue weighted by atomic mass is 16.2. The number of hydrogen-bond donors (Lipinski definition) is 0. The van der Waals surface area contributed by atoms with E-state index in [4.69, 9.17) is 0 Å². The number of likely N-dealkylation sites (N-methyl/N-ethyl adjacent to an activating group) is 1. The third-order valence-electron chi connectivity index (χ3n) is 3.74. The van der Waals surface area contributed by atoms with Crippen molar-refractivity contribution >= 4 is 16.8 Å². The molecule has 7 heteroatoms. The zero-order chi connectivity index (χ0) is 16.4. The average Bonchev–Trinajstić information content (AvgIpc) is 3.08. The van der Waals surface area contributed by atoms with Crippen LogP contribution in [0.5, 0.6) is 0 Å². The van der Waals surface area contributed by atoms with Gasteiger partial charge in [0.25, 0.3) is 11.5 Å². The highest BCUT2D eigenvalue weighted by molar-refractivity contribution is 5.97. The van der Waals surface area contributed by atoms with Gasteiger partial charge < -0.3 is 9.47 Å². The smallest absolute Gasteiger partial charge is 0.260 e. The molecule has 1 amide bonds. The van der Waals surface area contributed by atoms with E-state index >= 15 is 0 Å². The maximum atomic E-state index is 12.5. The van der Waals surface area contributed by atoms with Gasteiger partial charge in [-0.15, -0.1) is 0 Å². The predicted molar refractivity (Wildman–Crippen MR) is 86.2 cm³/mol. The van der Waals surface area contributed by atoms with Crippen molar-refractivity contribution < 1.29 is 4.79 Å². The summed E-state index contributed by atoms with van der Waals surface area (Å²) in [6, 6.07) is 6.82. The first-order chi connectivity index (χ1) is 11.1. The van der Waals surface area contributed by atoms with E-state index in [1.54, 1.807) is 48.1 Å². The number of amides is 1. The molecule has 0 aliphatic heterocycles. The van der Waals surface area contributed by atoms with E-state index in [2.05, 4.69) is 10.1 Å². The lowest BCUT2D eigenvalue weighted by Gasteiger charge is -2.17. The number of carbonyl (C=O) groups is 1. The van der Waals surface area contributed by atoms with Crippen molar-refractivity contribution in [2.24, 2.45) is 7.05 Å². The lowest BCUT2D eigenvalue weighted by molar-refractivity contribution is 0.0789. The molecule has 0 saturated heterocycles. The van der Waals surface area contributed by atoms with Crippen LogP contribution < -0.4 is 5.56 Å². The summed E-state index contributed by atoms with van der Waals surface area (Å²) >= 11 is 0. The van der Waals surface area contributed by atoms with Crippen molar-refractivity contribution in [3.63, 3.8) is 0 Å². The van der Waals surface area contributed by atoms with Gasteiger partial charge >= 0.3 is 0 Å². The van der Waals surface area contributed by atoms with Crippen LogP contribution in [0.4, 0.5) is 0 Å². The van der Waals surface area contributed by atoms with Crippen molar-refractivity contribution in [3.8, 4) is 0 Å². The molecule has 0 atom stereocenters. The Kier molecular flexibility index (Phi) is 3.92. The third-order valence-corrected chi connectivity index (χ3v) is 3.74. The Morgan fingerprint density at radius 3 is 2.91 bits per heavy atom. The van der Waals surface area contributed by atoms with E-state index in [9.17, 15) is 9.59 Å².